The molecule has 8 nitrogen and oxygen atoms in total. The van der Waals surface area contributed by atoms with Crippen LogP contribution in [-0.4, -0.2) is 46.3 Å². The van der Waals surface area contributed by atoms with Crippen LogP contribution in [0.25, 0.3) is 5.69 Å². The van der Waals surface area contributed by atoms with Gasteiger partial charge >= 0.3 is 6.03 Å². The predicted molar refractivity (Wildman–Crippen MR) is 135 cm³/mol. The minimum absolute atomic E-state index is 0.168. The predicted octanol–water partition coefficient (Wildman–Crippen LogP) is 5.20. The molecule has 1 aromatic heterocycles. The Morgan fingerprint density at radius 3 is 2.37 bits per heavy atom. The van der Waals surface area contributed by atoms with Crippen LogP contribution >= 0.6 is 0 Å². The SMILES string of the molecule is CCOc1ccccc1NC(=O)N(CC)CC(=O)Nc1cc(C(C)(C)C)nn1-c1ccc(F)cc1. The number of urea groups is 1. The summed E-state index contributed by atoms with van der Waals surface area (Å²) in [6, 6.07) is 14.3. The van der Waals surface area contributed by atoms with Crippen LogP contribution in [0.5, 0.6) is 5.75 Å². The molecule has 3 aromatic rings. The van der Waals surface area contributed by atoms with Crippen molar-refractivity contribution >= 4 is 23.4 Å². The number of nitrogens with one attached hydrogen (secondary N) is 2. The van der Waals surface area contributed by atoms with Crippen LogP contribution in [0, 0.1) is 5.82 Å². The zero-order valence-corrected chi connectivity index (χ0v) is 20.8. The molecule has 0 aliphatic carbocycles. The standard InChI is InChI=1S/C26H32FN5O3/c1-6-31(25(34)28-20-10-8-9-11-21(20)35-7-2)17-24(33)29-23-16-22(26(3,4)5)30-32(23)19-14-12-18(27)13-15-19/h8-16H,6-7,17H2,1-5H3,(H,28,34)(H,29,33). The van der Waals surface area contributed by atoms with Crippen LogP contribution in [0.3, 0.4) is 0 Å². The normalized spacial score (nSPS) is 11.1. The van der Waals surface area contributed by atoms with E-state index >= 15 is 0 Å². The summed E-state index contributed by atoms with van der Waals surface area (Å²) in [5.74, 6) is 0.244. The van der Waals surface area contributed by atoms with Crippen molar-refractivity contribution in [3.8, 4) is 11.4 Å². The first-order valence-corrected chi connectivity index (χ1v) is 11.6. The fraction of sp³-hybridized carbons (Fsp3) is 0.346. The first-order valence-electron chi connectivity index (χ1n) is 11.6. The molecule has 0 atom stereocenters. The summed E-state index contributed by atoms with van der Waals surface area (Å²) in [4.78, 5) is 27.2. The van der Waals surface area contributed by atoms with Crippen molar-refractivity contribution in [2.75, 3.05) is 30.3 Å². The molecule has 0 radical (unpaired) electrons. The molecule has 35 heavy (non-hydrogen) atoms. The Morgan fingerprint density at radius 2 is 1.74 bits per heavy atom. The van der Waals surface area contributed by atoms with E-state index in [0.29, 0.717) is 36.1 Å². The Hall–Kier alpha value is -3.88. The number of aromatic nitrogens is 2. The smallest absolute Gasteiger partial charge is 0.322 e. The maximum Gasteiger partial charge on any atom is 0.322 e. The second kappa shape index (κ2) is 11.0. The maximum absolute atomic E-state index is 13.4. The van der Waals surface area contributed by atoms with Gasteiger partial charge in [-0.1, -0.05) is 32.9 Å². The third-order valence-corrected chi connectivity index (χ3v) is 5.25. The van der Waals surface area contributed by atoms with Crippen molar-refractivity contribution in [3.05, 3.63) is 66.1 Å². The number of rotatable bonds is 8. The fourth-order valence-electron chi connectivity index (χ4n) is 3.34. The van der Waals surface area contributed by atoms with Crippen molar-refractivity contribution in [2.45, 2.75) is 40.0 Å². The highest BCUT2D eigenvalue weighted by molar-refractivity contribution is 5.97. The number of ether oxygens (including phenoxy) is 1. The lowest BCUT2D eigenvalue weighted by molar-refractivity contribution is -0.116. The average molecular weight is 482 g/mol. The Labute approximate surface area is 205 Å². The lowest BCUT2D eigenvalue weighted by atomic mass is 9.92. The Kier molecular flexibility index (Phi) is 8.11. The van der Waals surface area contributed by atoms with E-state index in [1.165, 1.54) is 17.0 Å². The summed E-state index contributed by atoms with van der Waals surface area (Å²) in [6.07, 6.45) is 0. The molecular weight excluding hydrogens is 449 g/mol. The van der Waals surface area contributed by atoms with E-state index in [9.17, 15) is 14.0 Å². The van der Waals surface area contributed by atoms with E-state index in [1.54, 1.807) is 48.0 Å². The number of likely N-dealkylation sites (N-methyl/N-ethyl adjacent to an activating group) is 1. The molecular formula is C26H32FN5O3. The first kappa shape index (κ1) is 25.7. The zero-order chi connectivity index (χ0) is 25.6. The van der Waals surface area contributed by atoms with Crippen molar-refractivity contribution in [2.24, 2.45) is 0 Å². The van der Waals surface area contributed by atoms with Crippen LogP contribution in [-0.2, 0) is 10.2 Å². The molecule has 0 spiro atoms. The van der Waals surface area contributed by atoms with E-state index in [2.05, 4.69) is 15.7 Å². The monoisotopic (exact) mass is 481 g/mol. The summed E-state index contributed by atoms with van der Waals surface area (Å²) < 4.78 is 20.6. The molecule has 2 aromatic carbocycles. The van der Waals surface area contributed by atoms with Gasteiger partial charge in [0.1, 0.15) is 23.9 Å². The van der Waals surface area contributed by atoms with Gasteiger partial charge in [0.25, 0.3) is 0 Å². The van der Waals surface area contributed by atoms with Gasteiger partial charge in [-0.3, -0.25) is 4.79 Å². The molecule has 0 bridgehead atoms. The number of benzene rings is 2. The number of carbonyl (C=O) groups excluding carboxylic acids is 2. The largest absolute Gasteiger partial charge is 0.492 e. The van der Waals surface area contributed by atoms with E-state index in [0.717, 1.165) is 5.69 Å². The average Bonchev–Trinajstić information content (AvgIpc) is 3.23. The number of amides is 3. The molecule has 0 aliphatic heterocycles. The zero-order valence-electron chi connectivity index (χ0n) is 20.8. The van der Waals surface area contributed by atoms with Crippen LogP contribution < -0.4 is 15.4 Å². The van der Waals surface area contributed by atoms with E-state index in [1.807, 2.05) is 33.8 Å². The van der Waals surface area contributed by atoms with Crippen LogP contribution in [0.2, 0.25) is 0 Å². The van der Waals surface area contributed by atoms with Gasteiger partial charge in [0.05, 0.1) is 23.7 Å². The molecule has 9 heteroatoms. The lowest BCUT2D eigenvalue weighted by Gasteiger charge is -2.22. The van der Waals surface area contributed by atoms with Gasteiger partial charge in [0.2, 0.25) is 5.91 Å². The van der Waals surface area contributed by atoms with Crippen molar-refractivity contribution in [3.63, 3.8) is 0 Å². The minimum Gasteiger partial charge on any atom is -0.492 e. The molecule has 0 saturated heterocycles. The lowest BCUT2D eigenvalue weighted by Crippen LogP contribution is -2.40. The number of halogens is 1. The van der Waals surface area contributed by atoms with Crippen molar-refractivity contribution in [1.82, 2.24) is 14.7 Å². The number of anilines is 2. The molecule has 2 N–H and O–H groups in total. The highest BCUT2D eigenvalue weighted by Crippen LogP contribution is 2.27. The molecule has 0 unspecified atom stereocenters. The fourth-order valence-corrected chi connectivity index (χ4v) is 3.34. The number of nitrogens with zero attached hydrogens (tertiary/aromatic N) is 3. The van der Waals surface area contributed by atoms with Crippen molar-refractivity contribution in [1.29, 1.82) is 0 Å². The van der Waals surface area contributed by atoms with Gasteiger partial charge in [-0.25, -0.2) is 13.9 Å². The number of para-hydroxylation sites is 2. The van der Waals surface area contributed by atoms with Gasteiger partial charge < -0.3 is 20.3 Å². The van der Waals surface area contributed by atoms with E-state index in [-0.39, 0.29) is 23.7 Å². The van der Waals surface area contributed by atoms with Gasteiger partial charge in [0.15, 0.2) is 0 Å². The molecule has 3 amide bonds. The summed E-state index contributed by atoms with van der Waals surface area (Å²) in [6.45, 7) is 10.3. The second-order valence-corrected chi connectivity index (χ2v) is 8.97. The summed E-state index contributed by atoms with van der Waals surface area (Å²) in [7, 11) is 0. The van der Waals surface area contributed by atoms with E-state index in [4.69, 9.17) is 4.74 Å². The van der Waals surface area contributed by atoms with Gasteiger partial charge in [-0.2, -0.15) is 5.10 Å². The molecule has 0 aliphatic rings. The highest BCUT2D eigenvalue weighted by atomic mass is 19.1. The number of carbonyl (C=O) groups is 2. The maximum atomic E-state index is 13.4. The van der Waals surface area contributed by atoms with Crippen molar-refractivity contribution < 1.29 is 18.7 Å². The Morgan fingerprint density at radius 1 is 1.06 bits per heavy atom. The molecule has 186 valence electrons. The van der Waals surface area contributed by atoms with Gasteiger partial charge in [-0.15, -0.1) is 0 Å². The van der Waals surface area contributed by atoms with Crippen LogP contribution in [0.4, 0.5) is 20.7 Å². The number of hydrogen-bond donors (Lipinski definition) is 2. The molecule has 0 saturated carbocycles. The Bertz CT molecular complexity index is 1170. The summed E-state index contributed by atoms with van der Waals surface area (Å²) in [5.41, 5.74) is 1.63. The first-order chi connectivity index (χ1) is 16.6. The molecule has 1 heterocycles. The topological polar surface area (TPSA) is 88.5 Å². The van der Waals surface area contributed by atoms with Crippen LogP contribution in [0.1, 0.15) is 40.3 Å². The molecule has 3 rings (SSSR count). The van der Waals surface area contributed by atoms with Gasteiger partial charge in [0, 0.05) is 18.0 Å². The second-order valence-electron chi connectivity index (χ2n) is 8.97. The van der Waals surface area contributed by atoms with Crippen LogP contribution in [0.15, 0.2) is 54.6 Å². The third-order valence-electron chi connectivity index (χ3n) is 5.25. The summed E-state index contributed by atoms with van der Waals surface area (Å²) in [5, 5.41) is 10.3. The number of hydrogen-bond acceptors (Lipinski definition) is 4. The quantitative estimate of drug-likeness (QED) is 0.463. The molecule has 0 fully saturated rings. The minimum atomic E-state index is -0.419. The van der Waals surface area contributed by atoms with E-state index < -0.39 is 6.03 Å². The highest BCUT2D eigenvalue weighted by Gasteiger charge is 2.23. The Balaban J connectivity index is 1.77. The van der Waals surface area contributed by atoms with Gasteiger partial charge in [-0.05, 0) is 50.2 Å². The summed E-state index contributed by atoms with van der Waals surface area (Å²) >= 11 is 0. The third kappa shape index (κ3) is 6.59.